The van der Waals surface area contributed by atoms with Crippen LogP contribution in [0.2, 0.25) is 0 Å². The Kier molecular flexibility index (Phi) is 5.52. The number of aromatic amines is 1. The number of aryl methyl sites for hydroxylation is 1. The maximum absolute atomic E-state index is 13.3. The minimum absolute atomic E-state index is 0.223. The number of para-hydroxylation sites is 2. The van der Waals surface area contributed by atoms with E-state index in [0.29, 0.717) is 18.8 Å². The second kappa shape index (κ2) is 8.89. The van der Waals surface area contributed by atoms with Crippen LogP contribution in [0, 0.1) is 11.3 Å². The molecule has 7 nitrogen and oxygen atoms in total. The molecule has 0 atom stereocenters. The first kappa shape index (κ1) is 23.0. The van der Waals surface area contributed by atoms with Crippen molar-refractivity contribution in [3.63, 3.8) is 0 Å². The molecule has 0 aliphatic heterocycles. The fourth-order valence-corrected chi connectivity index (χ4v) is 5.35. The van der Waals surface area contributed by atoms with Gasteiger partial charge in [-0.1, -0.05) is 48.5 Å². The Balaban J connectivity index is 1.61. The zero-order chi connectivity index (χ0) is 25.7. The first-order valence-electron chi connectivity index (χ1n) is 11.9. The average Bonchev–Trinajstić information content (AvgIpc) is 3.56. The van der Waals surface area contributed by atoms with Gasteiger partial charge >= 0.3 is 5.69 Å². The van der Waals surface area contributed by atoms with Gasteiger partial charge in [0.05, 0.1) is 11.4 Å². The lowest BCUT2D eigenvalue weighted by atomic mass is 10.1. The third-order valence-electron chi connectivity index (χ3n) is 6.89. The lowest BCUT2D eigenvalue weighted by molar-refractivity contribution is 0.818. The van der Waals surface area contributed by atoms with Gasteiger partial charge in [0.1, 0.15) is 11.8 Å². The second-order valence-electron chi connectivity index (χ2n) is 9.10. The van der Waals surface area contributed by atoms with E-state index in [4.69, 9.17) is 5.73 Å². The van der Waals surface area contributed by atoms with Crippen molar-refractivity contribution in [2.24, 2.45) is 12.8 Å². The van der Waals surface area contributed by atoms with Gasteiger partial charge in [0.15, 0.2) is 0 Å². The summed E-state index contributed by atoms with van der Waals surface area (Å²) in [6, 6.07) is 24.2. The van der Waals surface area contributed by atoms with E-state index in [0.717, 1.165) is 49.1 Å². The van der Waals surface area contributed by atoms with Gasteiger partial charge < -0.3 is 14.9 Å². The molecule has 0 radical (unpaired) electrons. The number of rotatable bonds is 5. The summed E-state index contributed by atoms with van der Waals surface area (Å²) < 4.78 is 5.74. The summed E-state index contributed by atoms with van der Waals surface area (Å²) in [5.41, 5.74) is 11.9. The Bertz CT molecular complexity index is 1910. The van der Waals surface area contributed by atoms with Gasteiger partial charge in [-0.25, -0.2) is 4.79 Å². The number of benzene rings is 3. The fourth-order valence-electron chi connectivity index (χ4n) is 5.14. The van der Waals surface area contributed by atoms with Crippen LogP contribution >= 0.6 is 12.6 Å². The number of H-pyrrole nitrogens is 1. The summed E-state index contributed by atoms with van der Waals surface area (Å²) in [6.45, 7) is 1.02. The van der Waals surface area contributed by atoms with Crippen LogP contribution in [0.4, 0.5) is 0 Å². The first-order chi connectivity index (χ1) is 18.0. The number of thiol groups is 1. The quantitative estimate of drug-likeness (QED) is 0.290. The number of nitrogens with two attached hydrogens (primary N) is 1. The van der Waals surface area contributed by atoms with Crippen molar-refractivity contribution in [2.45, 2.75) is 18.0 Å². The number of imidazole rings is 1. The van der Waals surface area contributed by atoms with Crippen LogP contribution in [-0.2, 0) is 20.1 Å². The number of hydrogen-bond donors (Lipinski definition) is 3. The molecule has 3 N–H and O–H groups in total. The standard InChI is InChI=1S/C29H24N6OS/c1-33-17-26(21-7-3-4-8-24(21)33)35-28(23(14-31)32-29(35)36)22-16-34(25-9-5-2-6-20(22)25)15-19-12-18(13-30)10-11-27(19)37/h2-12,16-17,37H,13,15,30H2,1H3,(H,32,36). The van der Waals surface area contributed by atoms with Gasteiger partial charge in [0, 0.05) is 64.8 Å². The SMILES string of the molecule is Cn1cc(-n2c(-c3cn(Cc4cc(CN)ccc4S)c4ccccc34)c(C#N)[nH]c2=O)c2ccccc21. The average molecular weight is 505 g/mol. The normalized spacial score (nSPS) is 11.4. The number of aromatic nitrogens is 4. The van der Waals surface area contributed by atoms with E-state index in [9.17, 15) is 10.1 Å². The molecule has 3 aromatic carbocycles. The molecule has 3 aromatic heterocycles. The Morgan fingerprint density at radius 2 is 1.73 bits per heavy atom. The second-order valence-corrected chi connectivity index (χ2v) is 9.58. The van der Waals surface area contributed by atoms with E-state index in [-0.39, 0.29) is 11.4 Å². The number of nitrogens with one attached hydrogen (secondary N) is 1. The van der Waals surface area contributed by atoms with Crippen molar-refractivity contribution in [3.05, 3.63) is 106 Å². The van der Waals surface area contributed by atoms with Crippen LogP contribution in [0.1, 0.15) is 16.8 Å². The van der Waals surface area contributed by atoms with Crippen LogP contribution in [0.5, 0.6) is 0 Å². The largest absolute Gasteiger partial charge is 0.348 e. The highest BCUT2D eigenvalue weighted by Gasteiger charge is 2.23. The molecule has 0 aliphatic rings. The van der Waals surface area contributed by atoms with E-state index < -0.39 is 0 Å². The van der Waals surface area contributed by atoms with Crippen LogP contribution in [0.15, 0.2) is 88.8 Å². The van der Waals surface area contributed by atoms with E-state index in [1.165, 1.54) is 0 Å². The van der Waals surface area contributed by atoms with E-state index >= 15 is 0 Å². The highest BCUT2D eigenvalue weighted by Crippen LogP contribution is 2.35. The van der Waals surface area contributed by atoms with Gasteiger partial charge in [0.25, 0.3) is 0 Å². The number of nitrogens with zero attached hydrogens (tertiary/aromatic N) is 4. The van der Waals surface area contributed by atoms with Gasteiger partial charge in [-0.05, 0) is 29.3 Å². The minimum atomic E-state index is -0.354. The Morgan fingerprint density at radius 3 is 2.49 bits per heavy atom. The molecule has 6 rings (SSSR count). The molecular formula is C29H24N6OS. The molecule has 0 spiro atoms. The summed E-state index contributed by atoms with van der Waals surface area (Å²) >= 11 is 4.67. The summed E-state index contributed by atoms with van der Waals surface area (Å²) in [4.78, 5) is 17.0. The number of hydrogen-bond acceptors (Lipinski definition) is 4. The van der Waals surface area contributed by atoms with Gasteiger partial charge in [-0.3, -0.25) is 9.55 Å². The smallest absolute Gasteiger partial charge is 0.331 e. The van der Waals surface area contributed by atoms with E-state index in [1.54, 1.807) is 4.57 Å². The lowest BCUT2D eigenvalue weighted by Gasteiger charge is -2.10. The monoisotopic (exact) mass is 504 g/mol. The molecule has 3 heterocycles. The highest BCUT2D eigenvalue weighted by molar-refractivity contribution is 7.80. The molecule has 6 aromatic rings. The molecule has 37 heavy (non-hydrogen) atoms. The number of fused-ring (bicyclic) bond motifs is 2. The van der Waals surface area contributed by atoms with Crippen LogP contribution < -0.4 is 11.4 Å². The summed E-state index contributed by atoms with van der Waals surface area (Å²) in [5.74, 6) is 0. The molecule has 0 fully saturated rings. The summed E-state index contributed by atoms with van der Waals surface area (Å²) in [6.07, 6.45) is 3.94. The van der Waals surface area contributed by atoms with Crippen LogP contribution in [0.25, 0.3) is 38.8 Å². The summed E-state index contributed by atoms with van der Waals surface area (Å²) in [5, 5.41) is 11.9. The van der Waals surface area contributed by atoms with Gasteiger partial charge in [-0.15, -0.1) is 12.6 Å². The Morgan fingerprint density at radius 1 is 1.00 bits per heavy atom. The Hall–Kier alpha value is -4.45. The third-order valence-corrected chi connectivity index (χ3v) is 7.32. The maximum atomic E-state index is 13.3. The van der Waals surface area contributed by atoms with Crippen molar-refractivity contribution in [1.29, 1.82) is 5.26 Å². The topological polar surface area (TPSA) is 97.5 Å². The van der Waals surface area contributed by atoms with Gasteiger partial charge in [-0.2, -0.15) is 5.26 Å². The molecule has 0 unspecified atom stereocenters. The molecule has 0 bridgehead atoms. The zero-order valence-corrected chi connectivity index (χ0v) is 21.0. The molecule has 0 saturated carbocycles. The Labute approximate surface area is 218 Å². The minimum Gasteiger partial charge on any atom is -0.348 e. The van der Waals surface area contributed by atoms with Crippen molar-refractivity contribution >= 4 is 34.4 Å². The van der Waals surface area contributed by atoms with Crippen molar-refractivity contribution in [3.8, 4) is 23.0 Å². The van der Waals surface area contributed by atoms with E-state index in [1.807, 2.05) is 84.7 Å². The molecule has 8 heteroatoms. The molecule has 182 valence electrons. The zero-order valence-electron chi connectivity index (χ0n) is 20.1. The van der Waals surface area contributed by atoms with Crippen molar-refractivity contribution in [1.82, 2.24) is 18.7 Å². The lowest BCUT2D eigenvalue weighted by Crippen LogP contribution is -2.15. The van der Waals surface area contributed by atoms with Crippen LogP contribution in [-0.4, -0.2) is 18.7 Å². The molecule has 0 saturated heterocycles. The van der Waals surface area contributed by atoms with E-state index in [2.05, 4.69) is 34.3 Å². The van der Waals surface area contributed by atoms with Crippen molar-refractivity contribution in [2.75, 3.05) is 0 Å². The predicted octanol–water partition coefficient (Wildman–Crippen LogP) is 4.95. The fraction of sp³-hybridized carbons (Fsp3) is 0.103. The third kappa shape index (κ3) is 3.68. The summed E-state index contributed by atoms with van der Waals surface area (Å²) in [7, 11) is 1.95. The first-order valence-corrected chi connectivity index (χ1v) is 12.3. The number of nitriles is 1. The predicted molar refractivity (Wildman–Crippen MR) is 149 cm³/mol. The highest BCUT2D eigenvalue weighted by atomic mass is 32.1. The van der Waals surface area contributed by atoms with Gasteiger partial charge in [0.2, 0.25) is 0 Å². The molecule has 0 amide bonds. The maximum Gasteiger partial charge on any atom is 0.331 e. The van der Waals surface area contributed by atoms with Crippen LogP contribution in [0.3, 0.4) is 0 Å². The van der Waals surface area contributed by atoms with Crippen molar-refractivity contribution < 1.29 is 0 Å². The molecular weight excluding hydrogens is 480 g/mol. The molecule has 0 aliphatic carbocycles.